The summed E-state index contributed by atoms with van der Waals surface area (Å²) in [7, 11) is 1.74. The summed E-state index contributed by atoms with van der Waals surface area (Å²) in [5, 5.41) is 0. The summed E-state index contributed by atoms with van der Waals surface area (Å²) >= 11 is 0. The molecule has 1 aliphatic rings. The van der Waals surface area contributed by atoms with Gasteiger partial charge in [0, 0.05) is 26.1 Å². The third-order valence-electron chi connectivity index (χ3n) is 2.13. The Kier molecular flexibility index (Phi) is 3.41. The number of methoxy groups -OCH3 is 1. The molecule has 0 fully saturated rings. The smallest absolute Gasteiger partial charge is 0.127 e. The summed E-state index contributed by atoms with van der Waals surface area (Å²) in [4.78, 5) is 4.46. The molecule has 1 unspecified atom stereocenters. The van der Waals surface area contributed by atoms with Crippen LogP contribution in [0.5, 0.6) is 0 Å². The molecule has 1 rings (SSSR count). The summed E-state index contributed by atoms with van der Waals surface area (Å²) < 4.78 is 5.21. The van der Waals surface area contributed by atoms with Crippen molar-refractivity contribution >= 4 is 0 Å². The van der Waals surface area contributed by atoms with Crippen LogP contribution in [0.3, 0.4) is 0 Å². The van der Waals surface area contributed by atoms with Gasteiger partial charge in [0.05, 0.1) is 6.67 Å². The Hall–Kier alpha value is -0.700. The van der Waals surface area contributed by atoms with E-state index in [0.717, 1.165) is 13.2 Å². The van der Waals surface area contributed by atoms with Gasteiger partial charge < -0.3 is 14.5 Å². The molecule has 0 aromatic heterocycles. The molecule has 3 heteroatoms. The van der Waals surface area contributed by atoms with Gasteiger partial charge in [0.15, 0.2) is 0 Å². The van der Waals surface area contributed by atoms with Gasteiger partial charge in [-0.1, -0.05) is 6.92 Å². The van der Waals surface area contributed by atoms with Gasteiger partial charge in [-0.3, -0.25) is 0 Å². The van der Waals surface area contributed by atoms with Crippen LogP contribution >= 0.6 is 0 Å². The maximum Gasteiger partial charge on any atom is 0.127 e. The Labute approximate surface area is 74.6 Å². The van der Waals surface area contributed by atoms with E-state index in [9.17, 15) is 0 Å². The molecular formula is C9H18N2O. The molecule has 0 bridgehead atoms. The minimum Gasteiger partial charge on any atom is -0.362 e. The van der Waals surface area contributed by atoms with Crippen LogP contribution in [0.2, 0.25) is 0 Å². The first-order valence-corrected chi connectivity index (χ1v) is 4.49. The molecule has 0 saturated carbocycles. The van der Waals surface area contributed by atoms with E-state index >= 15 is 0 Å². The van der Waals surface area contributed by atoms with Crippen LogP contribution < -0.4 is 0 Å². The topological polar surface area (TPSA) is 15.7 Å². The molecule has 12 heavy (non-hydrogen) atoms. The van der Waals surface area contributed by atoms with E-state index in [1.165, 1.54) is 6.42 Å². The van der Waals surface area contributed by atoms with Gasteiger partial charge in [-0.15, -0.1) is 0 Å². The SMILES string of the molecule is CCCN1C=CN(C(C)OC)C1. The van der Waals surface area contributed by atoms with Crippen molar-refractivity contribution in [1.82, 2.24) is 9.80 Å². The molecule has 0 saturated heterocycles. The Morgan fingerprint density at radius 2 is 2.25 bits per heavy atom. The number of nitrogens with zero attached hydrogens (tertiary/aromatic N) is 2. The highest BCUT2D eigenvalue weighted by Crippen LogP contribution is 2.10. The first kappa shape index (κ1) is 9.39. The molecule has 3 nitrogen and oxygen atoms in total. The molecule has 0 aromatic carbocycles. The van der Waals surface area contributed by atoms with E-state index in [0.29, 0.717) is 0 Å². The van der Waals surface area contributed by atoms with Crippen molar-refractivity contribution in [2.45, 2.75) is 26.5 Å². The summed E-state index contributed by atoms with van der Waals surface area (Å²) in [5.74, 6) is 0. The molecule has 1 atom stereocenters. The lowest BCUT2D eigenvalue weighted by molar-refractivity contribution is 0.000492. The van der Waals surface area contributed by atoms with E-state index in [-0.39, 0.29) is 6.23 Å². The van der Waals surface area contributed by atoms with Crippen molar-refractivity contribution < 1.29 is 4.74 Å². The first-order valence-electron chi connectivity index (χ1n) is 4.49. The fourth-order valence-electron chi connectivity index (χ4n) is 1.29. The number of hydrogen-bond acceptors (Lipinski definition) is 3. The summed E-state index contributed by atoms with van der Waals surface area (Å²) in [5.41, 5.74) is 0. The molecular weight excluding hydrogens is 152 g/mol. The lowest BCUT2D eigenvalue weighted by Gasteiger charge is -2.25. The van der Waals surface area contributed by atoms with Crippen molar-refractivity contribution in [3.63, 3.8) is 0 Å². The van der Waals surface area contributed by atoms with Crippen LogP contribution in [0, 0.1) is 0 Å². The van der Waals surface area contributed by atoms with Crippen LogP contribution in [0.25, 0.3) is 0 Å². The van der Waals surface area contributed by atoms with Crippen LogP contribution in [0.1, 0.15) is 20.3 Å². The predicted molar refractivity (Wildman–Crippen MR) is 49.3 cm³/mol. The van der Waals surface area contributed by atoms with Crippen molar-refractivity contribution in [1.29, 1.82) is 0 Å². The minimum atomic E-state index is 0.183. The second-order valence-electron chi connectivity index (χ2n) is 3.10. The van der Waals surface area contributed by atoms with E-state index in [1.54, 1.807) is 7.11 Å². The molecule has 0 N–H and O–H groups in total. The maximum atomic E-state index is 5.21. The third-order valence-corrected chi connectivity index (χ3v) is 2.13. The zero-order chi connectivity index (χ0) is 8.97. The normalized spacial score (nSPS) is 18.9. The second-order valence-corrected chi connectivity index (χ2v) is 3.10. The van der Waals surface area contributed by atoms with Crippen LogP contribution in [0.4, 0.5) is 0 Å². The minimum absolute atomic E-state index is 0.183. The molecule has 0 spiro atoms. The quantitative estimate of drug-likeness (QED) is 0.635. The van der Waals surface area contributed by atoms with Crippen molar-refractivity contribution in [3.8, 4) is 0 Å². The fourth-order valence-corrected chi connectivity index (χ4v) is 1.29. The van der Waals surface area contributed by atoms with Gasteiger partial charge in [0.1, 0.15) is 6.23 Å². The highest BCUT2D eigenvalue weighted by molar-refractivity contribution is 4.90. The zero-order valence-corrected chi connectivity index (χ0v) is 8.16. The van der Waals surface area contributed by atoms with Gasteiger partial charge in [0.25, 0.3) is 0 Å². The van der Waals surface area contributed by atoms with Crippen LogP contribution in [-0.2, 0) is 4.74 Å². The molecule has 0 aliphatic carbocycles. The van der Waals surface area contributed by atoms with Crippen LogP contribution in [-0.4, -0.2) is 36.4 Å². The fraction of sp³-hybridized carbons (Fsp3) is 0.778. The zero-order valence-electron chi connectivity index (χ0n) is 8.16. The predicted octanol–water partition coefficient (Wildman–Crippen LogP) is 1.44. The van der Waals surface area contributed by atoms with E-state index in [1.807, 2.05) is 0 Å². The second kappa shape index (κ2) is 4.36. The van der Waals surface area contributed by atoms with E-state index in [2.05, 4.69) is 36.0 Å². The lowest BCUT2D eigenvalue weighted by atomic mass is 10.4. The van der Waals surface area contributed by atoms with Gasteiger partial charge in [0.2, 0.25) is 0 Å². The summed E-state index contributed by atoms with van der Waals surface area (Å²) in [6.07, 6.45) is 5.59. The molecule has 0 amide bonds. The maximum absolute atomic E-state index is 5.21. The molecule has 1 aliphatic heterocycles. The van der Waals surface area contributed by atoms with Crippen LogP contribution in [0.15, 0.2) is 12.4 Å². The number of rotatable bonds is 4. The molecule has 0 radical (unpaired) electrons. The van der Waals surface area contributed by atoms with Gasteiger partial charge in [-0.05, 0) is 13.3 Å². The van der Waals surface area contributed by atoms with Gasteiger partial charge in [-0.2, -0.15) is 0 Å². The Balaban J connectivity index is 2.31. The van der Waals surface area contributed by atoms with Crippen molar-refractivity contribution in [2.24, 2.45) is 0 Å². The first-order chi connectivity index (χ1) is 5.77. The van der Waals surface area contributed by atoms with Gasteiger partial charge >= 0.3 is 0 Å². The molecule has 1 heterocycles. The lowest BCUT2D eigenvalue weighted by Crippen LogP contribution is -2.33. The van der Waals surface area contributed by atoms with E-state index < -0.39 is 0 Å². The Bertz CT molecular complexity index is 159. The van der Waals surface area contributed by atoms with Crippen molar-refractivity contribution in [2.75, 3.05) is 20.3 Å². The van der Waals surface area contributed by atoms with Crippen molar-refractivity contribution in [3.05, 3.63) is 12.4 Å². The highest BCUT2D eigenvalue weighted by Gasteiger charge is 2.15. The van der Waals surface area contributed by atoms with Gasteiger partial charge in [-0.25, -0.2) is 0 Å². The Morgan fingerprint density at radius 3 is 2.83 bits per heavy atom. The third kappa shape index (κ3) is 2.14. The molecule has 70 valence electrons. The summed E-state index contributed by atoms with van der Waals surface area (Å²) in [6, 6.07) is 0. The number of ether oxygens (including phenoxy) is 1. The van der Waals surface area contributed by atoms with E-state index in [4.69, 9.17) is 4.74 Å². The average Bonchev–Trinajstić information content (AvgIpc) is 2.52. The average molecular weight is 170 g/mol. The monoisotopic (exact) mass is 170 g/mol. The number of hydrogen-bond donors (Lipinski definition) is 0. The Morgan fingerprint density at radius 1 is 1.50 bits per heavy atom. The summed E-state index contributed by atoms with van der Waals surface area (Å²) in [6.45, 7) is 6.34. The standard InChI is InChI=1S/C9H18N2O/c1-4-5-10-6-7-11(8-10)9(2)12-3/h6-7,9H,4-5,8H2,1-3H3. The highest BCUT2D eigenvalue weighted by atomic mass is 16.5. The molecule has 0 aromatic rings. The largest absolute Gasteiger partial charge is 0.362 e.